The Hall–Kier alpha value is -2.72. The van der Waals surface area contributed by atoms with Crippen molar-refractivity contribution in [2.75, 3.05) is 12.0 Å². The molecule has 0 unspecified atom stereocenters. The third-order valence-electron chi connectivity index (χ3n) is 2.85. The van der Waals surface area contributed by atoms with Crippen LogP contribution in [0.1, 0.15) is 11.3 Å². The van der Waals surface area contributed by atoms with Crippen molar-refractivity contribution in [2.24, 2.45) is 7.05 Å². The third kappa shape index (κ3) is 3.48. The number of para-hydroxylation sites is 1. The molecule has 0 spiro atoms. The number of nitriles is 1. The second-order valence-corrected chi connectivity index (χ2v) is 4.84. The lowest BCUT2D eigenvalue weighted by molar-refractivity contribution is -0.122. The molecule has 0 fully saturated rings. The number of halogens is 1. The van der Waals surface area contributed by atoms with Crippen LogP contribution in [0.5, 0.6) is 5.75 Å². The number of ether oxygens (including phenoxy) is 1. The minimum Gasteiger partial charge on any atom is -0.482 e. The Morgan fingerprint density at radius 3 is 2.91 bits per heavy atom. The summed E-state index contributed by atoms with van der Waals surface area (Å²) in [7, 11) is 1.67. The maximum atomic E-state index is 11.8. The normalized spacial score (nSPS) is 9.91. The van der Waals surface area contributed by atoms with E-state index in [1.165, 1.54) is 4.68 Å². The number of rotatable bonds is 5. The number of hydrazine groups is 1. The van der Waals surface area contributed by atoms with E-state index in [4.69, 9.17) is 21.6 Å². The average Bonchev–Trinajstić information content (AvgIpc) is 2.77. The highest BCUT2D eigenvalue weighted by Crippen LogP contribution is 2.22. The van der Waals surface area contributed by atoms with E-state index in [1.807, 2.05) is 6.07 Å². The molecule has 0 aliphatic heterocycles. The van der Waals surface area contributed by atoms with Crippen LogP contribution in [0.15, 0.2) is 24.3 Å². The SMILES string of the molecule is Cc1nn(C)c(NNC(=O)COc2ccccc2Cl)c1C#N. The summed E-state index contributed by atoms with van der Waals surface area (Å²) in [6.07, 6.45) is 0. The van der Waals surface area contributed by atoms with Gasteiger partial charge in [0.25, 0.3) is 5.91 Å². The molecule has 2 aromatic rings. The maximum absolute atomic E-state index is 11.8. The number of anilines is 1. The number of hydrogen-bond donors (Lipinski definition) is 2. The van der Waals surface area contributed by atoms with Gasteiger partial charge < -0.3 is 4.74 Å². The molecule has 0 radical (unpaired) electrons. The number of hydrogen-bond acceptors (Lipinski definition) is 5. The van der Waals surface area contributed by atoms with E-state index in [1.54, 1.807) is 38.2 Å². The van der Waals surface area contributed by atoms with Crippen LogP contribution in [0.3, 0.4) is 0 Å². The summed E-state index contributed by atoms with van der Waals surface area (Å²) in [5.74, 6) is 0.419. The maximum Gasteiger partial charge on any atom is 0.276 e. The summed E-state index contributed by atoms with van der Waals surface area (Å²) in [6, 6.07) is 8.89. The molecule has 0 aliphatic rings. The van der Waals surface area contributed by atoms with Gasteiger partial charge in [0.05, 0.1) is 10.7 Å². The number of carbonyl (C=O) groups excluding carboxylic acids is 1. The zero-order chi connectivity index (χ0) is 16.1. The Kier molecular flexibility index (Phi) is 4.86. The first-order valence-corrected chi connectivity index (χ1v) is 6.76. The van der Waals surface area contributed by atoms with Crippen LogP contribution < -0.4 is 15.6 Å². The summed E-state index contributed by atoms with van der Waals surface area (Å²) in [6.45, 7) is 1.50. The molecule has 2 rings (SSSR count). The van der Waals surface area contributed by atoms with Crippen LogP contribution in [0.2, 0.25) is 5.02 Å². The molecule has 7 nitrogen and oxygen atoms in total. The standard InChI is InChI=1S/C14H14ClN5O2/c1-9-10(7-16)14(20(2)19-9)18-17-13(21)8-22-12-6-4-3-5-11(12)15/h3-6,18H,8H2,1-2H3,(H,17,21). The van der Waals surface area contributed by atoms with Gasteiger partial charge in [-0.15, -0.1) is 0 Å². The van der Waals surface area contributed by atoms with Crippen LogP contribution in [0.4, 0.5) is 5.82 Å². The van der Waals surface area contributed by atoms with Crippen molar-refractivity contribution in [3.63, 3.8) is 0 Å². The van der Waals surface area contributed by atoms with Crippen molar-refractivity contribution in [3.05, 3.63) is 40.5 Å². The Morgan fingerprint density at radius 2 is 2.23 bits per heavy atom. The molecule has 0 aliphatic carbocycles. The third-order valence-corrected chi connectivity index (χ3v) is 3.16. The smallest absolute Gasteiger partial charge is 0.276 e. The van der Waals surface area contributed by atoms with E-state index in [9.17, 15) is 4.79 Å². The number of aryl methyl sites for hydroxylation is 2. The Labute approximate surface area is 132 Å². The molecular weight excluding hydrogens is 306 g/mol. The van der Waals surface area contributed by atoms with Crippen LogP contribution in [-0.4, -0.2) is 22.3 Å². The fourth-order valence-electron chi connectivity index (χ4n) is 1.81. The molecule has 114 valence electrons. The molecule has 1 aromatic carbocycles. The fraction of sp³-hybridized carbons (Fsp3) is 0.214. The van der Waals surface area contributed by atoms with Crippen molar-refractivity contribution in [3.8, 4) is 11.8 Å². The van der Waals surface area contributed by atoms with Gasteiger partial charge in [0.1, 0.15) is 17.4 Å². The molecule has 0 saturated carbocycles. The molecule has 1 amide bonds. The molecule has 22 heavy (non-hydrogen) atoms. The molecule has 0 atom stereocenters. The number of carbonyl (C=O) groups is 1. The molecule has 1 aromatic heterocycles. The van der Waals surface area contributed by atoms with Gasteiger partial charge in [0.15, 0.2) is 12.4 Å². The van der Waals surface area contributed by atoms with Gasteiger partial charge in [-0.2, -0.15) is 10.4 Å². The first kappa shape index (κ1) is 15.7. The quantitative estimate of drug-likeness (QED) is 0.819. The van der Waals surface area contributed by atoms with Crippen molar-refractivity contribution in [2.45, 2.75) is 6.92 Å². The molecule has 8 heteroatoms. The van der Waals surface area contributed by atoms with Crippen molar-refractivity contribution in [1.29, 1.82) is 5.26 Å². The zero-order valence-electron chi connectivity index (χ0n) is 12.1. The first-order chi connectivity index (χ1) is 10.5. The van der Waals surface area contributed by atoms with E-state index in [0.29, 0.717) is 27.8 Å². The highest BCUT2D eigenvalue weighted by atomic mass is 35.5. The van der Waals surface area contributed by atoms with E-state index >= 15 is 0 Å². The average molecular weight is 320 g/mol. The topological polar surface area (TPSA) is 92.0 Å². The molecule has 0 saturated heterocycles. The number of nitrogens with zero attached hydrogens (tertiary/aromatic N) is 3. The fourth-order valence-corrected chi connectivity index (χ4v) is 2.00. The van der Waals surface area contributed by atoms with E-state index in [-0.39, 0.29) is 6.61 Å². The Morgan fingerprint density at radius 1 is 1.50 bits per heavy atom. The van der Waals surface area contributed by atoms with Crippen LogP contribution in [0.25, 0.3) is 0 Å². The van der Waals surface area contributed by atoms with Crippen LogP contribution >= 0.6 is 11.6 Å². The molecule has 1 heterocycles. The summed E-state index contributed by atoms with van der Waals surface area (Å²) >= 11 is 5.92. The van der Waals surface area contributed by atoms with Gasteiger partial charge >= 0.3 is 0 Å². The van der Waals surface area contributed by atoms with Gasteiger partial charge in [0.2, 0.25) is 0 Å². The highest BCUT2D eigenvalue weighted by molar-refractivity contribution is 6.32. The second-order valence-electron chi connectivity index (χ2n) is 4.44. The summed E-state index contributed by atoms with van der Waals surface area (Å²) in [5, 5.41) is 13.6. The first-order valence-electron chi connectivity index (χ1n) is 6.38. The summed E-state index contributed by atoms with van der Waals surface area (Å²) in [5.41, 5.74) is 6.07. The highest BCUT2D eigenvalue weighted by Gasteiger charge is 2.13. The molecule has 0 bridgehead atoms. The van der Waals surface area contributed by atoms with Crippen molar-refractivity contribution in [1.82, 2.24) is 15.2 Å². The minimum absolute atomic E-state index is 0.213. The lowest BCUT2D eigenvalue weighted by atomic mass is 10.3. The van der Waals surface area contributed by atoms with Gasteiger partial charge in [-0.25, -0.2) is 0 Å². The van der Waals surface area contributed by atoms with E-state index < -0.39 is 5.91 Å². The lowest BCUT2D eigenvalue weighted by Gasteiger charge is -2.10. The van der Waals surface area contributed by atoms with Crippen molar-refractivity contribution < 1.29 is 9.53 Å². The predicted octanol–water partition coefficient (Wildman–Crippen LogP) is 1.78. The summed E-state index contributed by atoms with van der Waals surface area (Å²) < 4.78 is 6.78. The number of aromatic nitrogens is 2. The van der Waals surface area contributed by atoms with Crippen LogP contribution in [-0.2, 0) is 11.8 Å². The Balaban J connectivity index is 1.92. The van der Waals surface area contributed by atoms with Crippen LogP contribution in [0, 0.1) is 18.3 Å². The second kappa shape index (κ2) is 6.83. The number of amides is 1. The van der Waals surface area contributed by atoms with Gasteiger partial charge in [-0.05, 0) is 19.1 Å². The zero-order valence-corrected chi connectivity index (χ0v) is 12.8. The number of nitrogens with one attached hydrogen (secondary N) is 2. The summed E-state index contributed by atoms with van der Waals surface area (Å²) in [4.78, 5) is 11.8. The monoisotopic (exact) mass is 319 g/mol. The van der Waals surface area contributed by atoms with Gasteiger partial charge in [-0.1, -0.05) is 23.7 Å². The van der Waals surface area contributed by atoms with E-state index in [0.717, 1.165) is 0 Å². The number of benzene rings is 1. The lowest BCUT2D eigenvalue weighted by Crippen LogP contribution is -2.34. The molecular formula is C14H14ClN5O2. The largest absolute Gasteiger partial charge is 0.482 e. The predicted molar refractivity (Wildman–Crippen MR) is 81.4 cm³/mol. The van der Waals surface area contributed by atoms with E-state index in [2.05, 4.69) is 16.0 Å². The minimum atomic E-state index is -0.414. The van der Waals surface area contributed by atoms with Crippen molar-refractivity contribution >= 4 is 23.3 Å². The Bertz CT molecular complexity index is 735. The van der Waals surface area contributed by atoms with Gasteiger partial charge in [0, 0.05) is 7.05 Å². The van der Waals surface area contributed by atoms with Gasteiger partial charge in [-0.3, -0.25) is 20.3 Å². The molecule has 2 N–H and O–H groups in total.